The topological polar surface area (TPSA) is 51.0 Å². The van der Waals surface area contributed by atoms with E-state index in [9.17, 15) is 4.79 Å². The quantitative estimate of drug-likeness (QED) is 0.870. The number of nitrogens with zero attached hydrogens (tertiary/aromatic N) is 4. The van der Waals surface area contributed by atoms with E-state index in [-0.39, 0.29) is 0 Å². The van der Waals surface area contributed by atoms with E-state index in [1.54, 1.807) is 6.20 Å². The van der Waals surface area contributed by atoms with E-state index in [1.807, 2.05) is 12.3 Å². The third kappa shape index (κ3) is 2.92. The molecule has 0 radical (unpaired) electrons. The molecule has 1 saturated heterocycles. The summed E-state index contributed by atoms with van der Waals surface area (Å²) in [5.41, 5.74) is 2.06. The highest BCUT2D eigenvalue weighted by Gasteiger charge is 2.31. The fourth-order valence-electron chi connectivity index (χ4n) is 4.38. The number of carbonyl (C=O) groups excluding carboxylic acids is 1. The van der Waals surface area contributed by atoms with E-state index in [4.69, 9.17) is 4.98 Å². The van der Waals surface area contributed by atoms with Crippen molar-refractivity contribution in [3.8, 4) is 0 Å². The summed E-state index contributed by atoms with van der Waals surface area (Å²) in [6.07, 6.45) is 11.8. The van der Waals surface area contributed by atoms with Crippen LogP contribution in [0.5, 0.6) is 0 Å². The van der Waals surface area contributed by atoms with Gasteiger partial charge >= 0.3 is 0 Å². The van der Waals surface area contributed by atoms with Crippen molar-refractivity contribution in [3.05, 3.63) is 24.3 Å². The molecule has 1 atom stereocenters. The van der Waals surface area contributed by atoms with Gasteiger partial charge in [0.2, 0.25) is 5.91 Å². The first kappa shape index (κ1) is 15.6. The first-order valence-corrected chi connectivity index (χ1v) is 9.26. The largest absolute Gasteiger partial charge is 0.342 e. The summed E-state index contributed by atoms with van der Waals surface area (Å²) < 4.78 is 2.14. The maximum Gasteiger partial charge on any atom is 0.222 e. The fourth-order valence-corrected chi connectivity index (χ4v) is 4.38. The molecule has 24 heavy (non-hydrogen) atoms. The number of imidazole rings is 1. The molecular weight excluding hydrogens is 300 g/mol. The molecule has 0 spiro atoms. The standard InChI is InChI=1S/C19H26N4O/c1-22-17-12-20-9-7-16(17)21-19(22)15-8-10-23(13-15)18(24)11-14-5-3-2-4-6-14/h7,9,12,14-15H,2-6,8,10-11,13H2,1H3/t15-/m0/s1. The molecule has 5 heteroatoms. The van der Waals surface area contributed by atoms with E-state index in [2.05, 4.69) is 21.5 Å². The second-order valence-electron chi connectivity index (χ2n) is 7.43. The van der Waals surface area contributed by atoms with Crippen LogP contribution >= 0.6 is 0 Å². The van der Waals surface area contributed by atoms with E-state index in [1.165, 1.54) is 32.1 Å². The molecule has 128 valence electrons. The molecule has 4 rings (SSSR count). The Morgan fingerprint density at radius 1 is 1.25 bits per heavy atom. The van der Waals surface area contributed by atoms with Gasteiger partial charge in [0.05, 0.1) is 17.2 Å². The van der Waals surface area contributed by atoms with Crippen LogP contribution in [0.1, 0.15) is 56.7 Å². The number of pyridine rings is 1. The number of rotatable bonds is 3. The third-order valence-corrected chi connectivity index (χ3v) is 5.81. The number of amides is 1. The third-order valence-electron chi connectivity index (χ3n) is 5.81. The normalized spacial score (nSPS) is 22.4. The zero-order valence-corrected chi connectivity index (χ0v) is 14.4. The van der Waals surface area contributed by atoms with Crippen molar-refractivity contribution < 1.29 is 4.79 Å². The van der Waals surface area contributed by atoms with Crippen LogP contribution in [-0.4, -0.2) is 38.4 Å². The average molecular weight is 326 g/mol. The summed E-state index contributed by atoms with van der Waals surface area (Å²) >= 11 is 0. The Bertz CT molecular complexity index is 732. The number of aromatic nitrogens is 3. The van der Waals surface area contributed by atoms with E-state index < -0.39 is 0 Å². The minimum atomic E-state index is 0.345. The summed E-state index contributed by atoms with van der Waals surface area (Å²) in [4.78, 5) is 23.7. The van der Waals surface area contributed by atoms with Crippen LogP contribution in [0, 0.1) is 5.92 Å². The van der Waals surface area contributed by atoms with Gasteiger partial charge in [-0.05, 0) is 31.2 Å². The number of likely N-dealkylation sites (tertiary alicyclic amines) is 1. The Morgan fingerprint density at radius 2 is 2.08 bits per heavy atom. The van der Waals surface area contributed by atoms with Crippen molar-refractivity contribution in [1.82, 2.24) is 19.4 Å². The summed E-state index contributed by atoms with van der Waals surface area (Å²) in [5, 5.41) is 0. The van der Waals surface area contributed by atoms with Gasteiger partial charge in [-0.25, -0.2) is 4.98 Å². The van der Waals surface area contributed by atoms with E-state index in [0.717, 1.165) is 42.8 Å². The number of fused-ring (bicyclic) bond motifs is 1. The molecule has 1 aliphatic heterocycles. The SMILES string of the molecule is Cn1c([C@H]2CCN(C(=O)CC3CCCCC3)C2)nc2ccncc21. The van der Waals surface area contributed by atoms with Gasteiger partial charge in [-0.2, -0.15) is 0 Å². The smallest absolute Gasteiger partial charge is 0.222 e. The molecule has 2 aliphatic rings. The maximum absolute atomic E-state index is 12.6. The van der Waals surface area contributed by atoms with Crippen LogP contribution in [0.3, 0.4) is 0 Å². The minimum Gasteiger partial charge on any atom is -0.342 e. The molecule has 1 amide bonds. The first-order valence-electron chi connectivity index (χ1n) is 9.26. The molecule has 0 unspecified atom stereocenters. The lowest BCUT2D eigenvalue weighted by Gasteiger charge is -2.24. The van der Waals surface area contributed by atoms with Gasteiger partial charge in [0.15, 0.2) is 0 Å². The van der Waals surface area contributed by atoms with Gasteiger partial charge < -0.3 is 9.47 Å². The number of aryl methyl sites for hydroxylation is 1. The highest BCUT2D eigenvalue weighted by atomic mass is 16.2. The van der Waals surface area contributed by atoms with Gasteiger partial charge in [0, 0.05) is 38.7 Å². The molecular formula is C19H26N4O. The monoisotopic (exact) mass is 326 g/mol. The lowest BCUT2D eigenvalue weighted by atomic mass is 9.87. The molecule has 2 aromatic rings. The Kier molecular flexibility index (Phi) is 4.25. The highest BCUT2D eigenvalue weighted by molar-refractivity contribution is 5.77. The van der Waals surface area contributed by atoms with Crippen LogP contribution in [0.2, 0.25) is 0 Å². The average Bonchev–Trinajstić information content (AvgIpc) is 3.21. The van der Waals surface area contributed by atoms with Crippen molar-refractivity contribution in [2.24, 2.45) is 13.0 Å². The van der Waals surface area contributed by atoms with Crippen LogP contribution < -0.4 is 0 Å². The molecule has 0 bridgehead atoms. The van der Waals surface area contributed by atoms with Gasteiger partial charge in [-0.3, -0.25) is 9.78 Å². The summed E-state index contributed by atoms with van der Waals surface area (Å²) in [6, 6.07) is 1.96. The van der Waals surface area contributed by atoms with E-state index in [0.29, 0.717) is 17.7 Å². The van der Waals surface area contributed by atoms with Gasteiger partial charge in [-0.15, -0.1) is 0 Å². The number of carbonyl (C=O) groups is 1. The Morgan fingerprint density at radius 3 is 2.88 bits per heavy atom. The lowest BCUT2D eigenvalue weighted by Crippen LogP contribution is -2.30. The van der Waals surface area contributed by atoms with Crippen molar-refractivity contribution in [2.45, 2.75) is 50.9 Å². The molecule has 2 aromatic heterocycles. The van der Waals surface area contributed by atoms with Crippen molar-refractivity contribution in [1.29, 1.82) is 0 Å². The molecule has 0 N–H and O–H groups in total. The van der Waals surface area contributed by atoms with E-state index >= 15 is 0 Å². The molecule has 3 heterocycles. The van der Waals surface area contributed by atoms with Crippen LogP contribution in [0.4, 0.5) is 0 Å². The van der Waals surface area contributed by atoms with Crippen molar-refractivity contribution in [3.63, 3.8) is 0 Å². The molecule has 1 aliphatic carbocycles. The van der Waals surface area contributed by atoms with Crippen molar-refractivity contribution in [2.75, 3.05) is 13.1 Å². The number of hydrogen-bond acceptors (Lipinski definition) is 3. The molecule has 1 saturated carbocycles. The van der Waals surface area contributed by atoms with Crippen LogP contribution in [-0.2, 0) is 11.8 Å². The maximum atomic E-state index is 12.6. The van der Waals surface area contributed by atoms with Crippen LogP contribution in [0.25, 0.3) is 11.0 Å². The zero-order valence-electron chi connectivity index (χ0n) is 14.4. The van der Waals surface area contributed by atoms with Crippen molar-refractivity contribution >= 4 is 16.9 Å². The van der Waals surface area contributed by atoms with Gasteiger partial charge in [-0.1, -0.05) is 19.3 Å². The Balaban J connectivity index is 1.43. The Hall–Kier alpha value is -1.91. The van der Waals surface area contributed by atoms with Crippen LogP contribution in [0.15, 0.2) is 18.5 Å². The first-order chi connectivity index (χ1) is 11.7. The zero-order chi connectivity index (χ0) is 16.5. The molecule has 5 nitrogen and oxygen atoms in total. The summed E-state index contributed by atoms with van der Waals surface area (Å²) in [7, 11) is 2.05. The second-order valence-corrected chi connectivity index (χ2v) is 7.43. The fraction of sp³-hybridized carbons (Fsp3) is 0.632. The van der Waals surface area contributed by atoms with Gasteiger partial charge in [0.25, 0.3) is 0 Å². The number of hydrogen-bond donors (Lipinski definition) is 0. The predicted octanol–water partition coefficient (Wildman–Crippen LogP) is 3.25. The summed E-state index contributed by atoms with van der Waals surface area (Å²) in [6.45, 7) is 1.69. The van der Waals surface area contributed by atoms with Gasteiger partial charge in [0.1, 0.15) is 5.82 Å². The second kappa shape index (κ2) is 6.54. The molecule has 2 fully saturated rings. The highest BCUT2D eigenvalue weighted by Crippen LogP contribution is 2.31. The molecule has 0 aromatic carbocycles. The Labute approximate surface area is 143 Å². The predicted molar refractivity (Wildman–Crippen MR) is 93.6 cm³/mol. The minimum absolute atomic E-state index is 0.345. The summed E-state index contributed by atoms with van der Waals surface area (Å²) in [5.74, 6) is 2.40. The lowest BCUT2D eigenvalue weighted by molar-refractivity contribution is -0.131.